The number of amides is 1. The molecule has 0 aliphatic carbocycles. The molecule has 0 aromatic heterocycles. The number of carbonyl (C=O) groups is 2. The van der Waals surface area contributed by atoms with Crippen molar-refractivity contribution in [1.82, 2.24) is 0 Å². The average molecular weight is 321 g/mol. The van der Waals surface area contributed by atoms with Crippen LogP contribution in [-0.4, -0.2) is 19.0 Å². The summed E-state index contributed by atoms with van der Waals surface area (Å²) in [6.45, 7) is 0. The lowest BCUT2D eigenvalue weighted by molar-refractivity contribution is -0.112. The van der Waals surface area contributed by atoms with Crippen molar-refractivity contribution in [3.05, 3.63) is 71.9 Å². The Morgan fingerprint density at radius 3 is 2.42 bits per heavy atom. The van der Waals surface area contributed by atoms with Gasteiger partial charge in [0.1, 0.15) is 11.6 Å². The molecule has 1 amide bonds. The number of nitriles is 1. The molecule has 0 heterocycles. The number of benzene rings is 2. The Morgan fingerprint density at radius 1 is 1.08 bits per heavy atom. The van der Waals surface area contributed by atoms with Crippen LogP contribution in [0, 0.1) is 11.3 Å². The van der Waals surface area contributed by atoms with E-state index < -0.39 is 11.9 Å². The Hall–Kier alpha value is -3.59. The van der Waals surface area contributed by atoms with Crippen LogP contribution in [0.2, 0.25) is 0 Å². The van der Waals surface area contributed by atoms with Crippen LogP contribution < -0.4 is 10.6 Å². The summed E-state index contributed by atoms with van der Waals surface area (Å²) < 4.78 is 4.69. The monoisotopic (exact) mass is 321 g/mol. The first-order chi connectivity index (χ1) is 11.7. The lowest BCUT2D eigenvalue weighted by atomic mass is 10.2. The Bertz CT molecular complexity index is 808. The van der Waals surface area contributed by atoms with Gasteiger partial charge < -0.3 is 15.4 Å². The summed E-state index contributed by atoms with van der Waals surface area (Å²) in [5.74, 6) is -1.06. The van der Waals surface area contributed by atoms with E-state index >= 15 is 0 Å². The number of anilines is 2. The highest BCUT2D eigenvalue weighted by Crippen LogP contribution is 2.16. The molecular formula is C18H15N3O3. The van der Waals surface area contributed by atoms with Gasteiger partial charge >= 0.3 is 5.97 Å². The van der Waals surface area contributed by atoms with Crippen LogP contribution in [0.25, 0.3) is 0 Å². The second kappa shape index (κ2) is 8.15. The van der Waals surface area contributed by atoms with Gasteiger partial charge in [-0.3, -0.25) is 4.79 Å². The Balaban J connectivity index is 2.16. The fourth-order valence-corrected chi connectivity index (χ4v) is 1.92. The van der Waals surface area contributed by atoms with E-state index in [2.05, 4.69) is 10.6 Å². The fourth-order valence-electron chi connectivity index (χ4n) is 1.92. The lowest BCUT2D eigenvalue weighted by Crippen LogP contribution is -2.14. The van der Waals surface area contributed by atoms with E-state index in [-0.39, 0.29) is 5.57 Å². The number of carbonyl (C=O) groups excluding carboxylic acids is 2. The minimum atomic E-state index is -0.549. The molecular weight excluding hydrogens is 306 g/mol. The molecule has 0 saturated heterocycles. The van der Waals surface area contributed by atoms with Gasteiger partial charge in [-0.1, -0.05) is 30.3 Å². The lowest BCUT2D eigenvalue weighted by Gasteiger charge is -2.08. The molecule has 0 unspecified atom stereocenters. The van der Waals surface area contributed by atoms with Crippen molar-refractivity contribution in [2.24, 2.45) is 0 Å². The van der Waals surface area contributed by atoms with E-state index in [1.807, 2.05) is 12.1 Å². The van der Waals surface area contributed by atoms with Gasteiger partial charge in [0.15, 0.2) is 0 Å². The highest BCUT2D eigenvalue weighted by molar-refractivity contribution is 6.06. The second-order valence-electron chi connectivity index (χ2n) is 4.67. The molecule has 0 aliphatic rings. The third-order valence-electron chi connectivity index (χ3n) is 3.10. The molecule has 0 saturated carbocycles. The summed E-state index contributed by atoms with van der Waals surface area (Å²) in [5.41, 5.74) is 1.19. The molecule has 0 aliphatic heterocycles. The number of ether oxygens (including phenoxy) is 1. The molecule has 6 heteroatoms. The first-order valence-electron chi connectivity index (χ1n) is 7.06. The number of hydrogen-bond donors (Lipinski definition) is 2. The predicted octanol–water partition coefficient (Wildman–Crippen LogP) is 2.93. The number of para-hydroxylation sites is 2. The normalized spacial score (nSPS) is 10.4. The Kier molecular flexibility index (Phi) is 5.70. The third-order valence-corrected chi connectivity index (χ3v) is 3.10. The van der Waals surface area contributed by atoms with E-state index in [4.69, 9.17) is 10.00 Å². The predicted molar refractivity (Wildman–Crippen MR) is 90.2 cm³/mol. The van der Waals surface area contributed by atoms with E-state index in [1.165, 1.54) is 13.3 Å². The van der Waals surface area contributed by atoms with Gasteiger partial charge in [0.05, 0.1) is 18.4 Å². The number of esters is 1. The molecule has 2 aromatic carbocycles. The minimum absolute atomic E-state index is 0.126. The quantitative estimate of drug-likeness (QED) is 0.502. The standard InChI is InChI=1S/C18H15N3O3/c1-24-18(23)15-9-5-6-10-16(15)20-12-13(11-19)17(22)21-14-7-3-2-4-8-14/h2-10,12,20H,1H3,(H,21,22). The highest BCUT2D eigenvalue weighted by atomic mass is 16.5. The van der Waals surface area contributed by atoms with Gasteiger partial charge in [-0.15, -0.1) is 0 Å². The smallest absolute Gasteiger partial charge is 0.339 e. The number of methoxy groups -OCH3 is 1. The topological polar surface area (TPSA) is 91.2 Å². The summed E-state index contributed by atoms with van der Waals surface area (Å²) in [7, 11) is 1.28. The van der Waals surface area contributed by atoms with E-state index in [0.29, 0.717) is 16.9 Å². The van der Waals surface area contributed by atoms with Gasteiger partial charge in [0.25, 0.3) is 5.91 Å². The zero-order valence-electron chi connectivity index (χ0n) is 12.9. The van der Waals surface area contributed by atoms with Crippen molar-refractivity contribution in [3.8, 4) is 6.07 Å². The van der Waals surface area contributed by atoms with E-state index in [1.54, 1.807) is 48.5 Å². The molecule has 2 aromatic rings. The molecule has 24 heavy (non-hydrogen) atoms. The summed E-state index contributed by atoms with van der Waals surface area (Å²) >= 11 is 0. The van der Waals surface area contributed by atoms with Gasteiger partial charge in [-0.2, -0.15) is 5.26 Å². The van der Waals surface area contributed by atoms with Crippen LogP contribution in [0.5, 0.6) is 0 Å². The summed E-state index contributed by atoms with van der Waals surface area (Å²) in [6.07, 6.45) is 1.25. The maximum absolute atomic E-state index is 12.1. The second-order valence-corrected chi connectivity index (χ2v) is 4.67. The summed E-state index contributed by atoms with van der Waals surface area (Å²) in [5, 5.41) is 14.6. The maximum atomic E-state index is 12.1. The zero-order chi connectivity index (χ0) is 17.4. The molecule has 120 valence electrons. The molecule has 2 N–H and O–H groups in total. The molecule has 0 fully saturated rings. The van der Waals surface area contributed by atoms with Crippen LogP contribution >= 0.6 is 0 Å². The van der Waals surface area contributed by atoms with Crippen molar-refractivity contribution in [1.29, 1.82) is 5.26 Å². The molecule has 0 spiro atoms. The maximum Gasteiger partial charge on any atom is 0.339 e. The molecule has 6 nitrogen and oxygen atoms in total. The Labute approximate surface area is 139 Å². The van der Waals surface area contributed by atoms with Crippen molar-refractivity contribution in [2.45, 2.75) is 0 Å². The van der Waals surface area contributed by atoms with E-state index in [0.717, 1.165) is 0 Å². The van der Waals surface area contributed by atoms with Crippen LogP contribution in [0.4, 0.5) is 11.4 Å². The van der Waals surface area contributed by atoms with Crippen molar-refractivity contribution in [3.63, 3.8) is 0 Å². The molecule has 2 rings (SSSR count). The summed E-state index contributed by atoms with van der Waals surface area (Å²) in [4.78, 5) is 23.8. The largest absolute Gasteiger partial charge is 0.465 e. The highest BCUT2D eigenvalue weighted by Gasteiger charge is 2.12. The third kappa shape index (κ3) is 4.21. The van der Waals surface area contributed by atoms with Gasteiger partial charge in [0.2, 0.25) is 0 Å². The van der Waals surface area contributed by atoms with Crippen LogP contribution in [0.15, 0.2) is 66.4 Å². The fraction of sp³-hybridized carbons (Fsp3) is 0.0556. The van der Waals surface area contributed by atoms with Gasteiger partial charge in [-0.25, -0.2) is 4.79 Å². The first-order valence-corrected chi connectivity index (χ1v) is 7.06. The van der Waals surface area contributed by atoms with E-state index in [9.17, 15) is 9.59 Å². The Morgan fingerprint density at radius 2 is 1.75 bits per heavy atom. The minimum Gasteiger partial charge on any atom is -0.465 e. The van der Waals surface area contributed by atoms with Gasteiger partial charge in [-0.05, 0) is 24.3 Å². The number of hydrogen-bond acceptors (Lipinski definition) is 5. The van der Waals surface area contributed by atoms with Crippen molar-refractivity contribution >= 4 is 23.3 Å². The van der Waals surface area contributed by atoms with Crippen LogP contribution in [-0.2, 0) is 9.53 Å². The number of nitrogens with one attached hydrogen (secondary N) is 2. The van der Waals surface area contributed by atoms with Gasteiger partial charge in [0, 0.05) is 11.9 Å². The SMILES string of the molecule is COC(=O)c1ccccc1NC=C(C#N)C(=O)Nc1ccccc1. The van der Waals surface area contributed by atoms with Crippen molar-refractivity contribution in [2.75, 3.05) is 17.7 Å². The first kappa shape index (κ1) is 16.8. The zero-order valence-corrected chi connectivity index (χ0v) is 12.9. The van der Waals surface area contributed by atoms with Crippen LogP contribution in [0.3, 0.4) is 0 Å². The average Bonchev–Trinajstić information content (AvgIpc) is 2.62. The molecule has 0 atom stereocenters. The summed E-state index contributed by atoms with van der Waals surface area (Å²) in [6, 6.07) is 17.3. The molecule has 0 bridgehead atoms. The number of rotatable bonds is 5. The molecule has 0 radical (unpaired) electrons. The van der Waals surface area contributed by atoms with Crippen LogP contribution in [0.1, 0.15) is 10.4 Å². The number of nitrogens with zero attached hydrogens (tertiary/aromatic N) is 1. The van der Waals surface area contributed by atoms with Crippen molar-refractivity contribution < 1.29 is 14.3 Å².